The fraction of sp³-hybridized carbons (Fsp3) is 0.486. The number of nitrogens with zero attached hydrogens (tertiary/aromatic N) is 7. The second kappa shape index (κ2) is 14.2. The zero-order chi connectivity index (χ0) is 32.2. The van der Waals surface area contributed by atoms with E-state index in [1.807, 2.05) is 12.1 Å². The van der Waals surface area contributed by atoms with Crippen LogP contribution in [-0.4, -0.2) is 103 Å². The Balaban J connectivity index is 1.30. The maximum Gasteiger partial charge on any atom is 0.318 e. The van der Waals surface area contributed by atoms with Crippen LogP contribution < -0.4 is 14.5 Å². The number of amides is 1. The number of carbonyl (C=O) groups excluding carboxylic acids is 1. The van der Waals surface area contributed by atoms with E-state index in [1.54, 1.807) is 4.90 Å². The molecule has 0 bridgehead atoms. The molecule has 3 aliphatic rings. The molecule has 0 radical (unpaired) electrons. The van der Waals surface area contributed by atoms with E-state index in [4.69, 9.17) is 37.6 Å². The predicted octanol–water partition coefficient (Wildman–Crippen LogP) is 4.85. The standard InChI is InChI=1S/C35H42ClN7O3/c1-5-32(44)43-17-16-42(21-27(43)20-37-3)34-28-12-15-41(31-11-7-9-25-8-6-10-29(36)33(25)31)22-30(28)38-35(39-34)46-23-24(2)40(4)26-13-18-45-19-14-26/h5-11,24,26-27H,1,12-23H2,2,4H3/t24-,27-/m0/s1. The van der Waals surface area contributed by atoms with Gasteiger partial charge in [-0.1, -0.05) is 42.4 Å². The van der Waals surface area contributed by atoms with Crippen molar-refractivity contribution in [1.29, 1.82) is 0 Å². The average Bonchev–Trinajstić information content (AvgIpc) is 3.09. The van der Waals surface area contributed by atoms with Gasteiger partial charge in [-0.25, -0.2) is 6.57 Å². The van der Waals surface area contributed by atoms with Crippen LogP contribution in [-0.2, 0) is 22.5 Å². The molecule has 0 N–H and O–H groups in total. The number of likely N-dealkylation sites (N-methyl/N-ethyl adjacent to an activating group) is 1. The van der Waals surface area contributed by atoms with Gasteiger partial charge in [-0.05, 0) is 56.8 Å². The Morgan fingerprint density at radius 1 is 1.20 bits per heavy atom. The van der Waals surface area contributed by atoms with E-state index in [0.29, 0.717) is 44.8 Å². The molecule has 2 saturated heterocycles. The Morgan fingerprint density at radius 3 is 2.74 bits per heavy atom. The zero-order valence-corrected chi connectivity index (χ0v) is 27.5. The molecule has 0 unspecified atom stereocenters. The highest BCUT2D eigenvalue weighted by atomic mass is 35.5. The van der Waals surface area contributed by atoms with Crippen molar-refractivity contribution in [3.63, 3.8) is 0 Å². The van der Waals surface area contributed by atoms with Gasteiger partial charge >= 0.3 is 6.01 Å². The Bertz CT molecular complexity index is 1620. The van der Waals surface area contributed by atoms with E-state index in [-0.39, 0.29) is 24.5 Å². The first-order valence-corrected chi connectivity index (χ1v) is 16.5. The molecule has 11 heteroatoms. The number of carbonyl (C=O) groups is 1. The number of piperazine rings is 1. The molecule has 0 saturated carbocycles. The smallest absolute Gasteiger partial charge is 0.318 e. The van der Waals surface area contributed by atoms with Gasteiger partial charge in [0.15, 0.2) is 0 Å². The lowest BCUT2D eigenvalue weighted by Crippen LogP contribution is -2.56. The first-order valence-electron chi connectivity index (χ1n) is 16.1. The van der Waals surface area contributed by atoms with Gasteiger partial charge in [0, 0.05) is 68.1 Å². The van der Waals surface area contributed by atoms with E-state index < -0.39 is 0 Å². The molecule has 4 heterocycles. The number of aromatic nitrogens is 2. The molecule has 3 aliphatic heterocycles. The minimum absolute atomic E-state index is 0.144. The number of ether oxygens (including phenoxy) is 2. The average molecular weight is 644 g/mol. The maximum atomic E-state index is 12.6. The highest BCUT2D eigenvalue weighted by molar-refractivity contribution is 6.36. The third-order valence-electron chi connectivity index (χ3n) is 9.65. The predicted molar refractivity (Wildman–Crippen MR) is 182 cm³/mol. The number of fused-ring (bicyclic) bond motifs is 2. The molecule has 2 atom stereocenters. The number of anilines is 2. The van der Waals surface area contributed by atoms with Crippen LogP contribution in [0.25, 0.3) is 15.6 Å². The fourth-order valence-electron chi connectivity index (χ4n) is 6.94. The van der Waals surface area contributed by atoms with E-state index in [0.717, 1.165) is 77.6 Å². The minimum Gasteiger partial charge on any atom is -0.462 e. The van der Waals surface area contributed by atoms with Gasteiger partial charge in [0.2, 0.25) is 12.5 Å². The highest BCUT2D eigenvalue weighted by Gasteiger charge is 2.35. The topological polar surface area (TPSA) is 78.6 Å². The molecule has 3 aromatic rings. The lowest BCUT2D eigenvalue weighted by atomic mass is 10.0. The molecule has 10 nitrogen and oxygen atoms in total. The van der Waals surface area contributed by atoms with Crippen molar-refractivity contribution in [3.8, 4) is 6.01 Å². The third-order valence-corrected chi connectivity index (χ3v) is 9.97. The molecule has 46 heavy (non-hydrogen) atoms. The number of hydrogen-bond acceptors (Lipinski definition) is 8. The van der Waals surface area contributed by atoms with E-state index in [9.17, 15) is 4.79 Å². The van der Waals surface area contributed by atoms with Crippen LogP contribution in [0.2, 0.25) is 5.02 Å². The number of benzene rings is 2. The summed E-state index contributed by atoms with van der Waals surface area (Å²) in [5.41, 5.74) is 3.09. The Morgan fingerprint density at radius 2 is 1.98 bits per heavy atom. The summed E-state index contributed by atoms with van der Waals surface area (Å²) in [6.45, 7) is 18.6. The monoisotopic (exact) mass is 643 g/mol. The van der Waals surface area contributed by atoms with Crippen LogP contribution in [0, 0.1) is 6.57 Å². The summed E-state index contributed by atoms with van der Waals surface area (Å²) in [5, 5.41) is 2.87. The van der Waals surface area contributed by atoms with Crippen molar-refractivity contribution >= 4 is 39.8 Å². The second-order valence-corrected chi connectivity index (χ2v) is 12.8. The van der Waals surface area contributed by atoms with Gasteiger partial charge in [0.05, 0.1) is 17.3 Å². The van der Waals surface area contributed by atoms with E-state index in [2.05, 4.69) is 64.4 Å². The van der Waals surface area contributed by atoms with Crippen molar-refractivity contribution in [2.75, 3.05) is 69.4 Å². The molecule has 2 aromatic carbocycles. The first-order chi connectivity index (χ1) is 22.4. The van der Waals surface area contributed by atoms with Crippen LogP contribution >= 0.6 is 11.6 Å². The van der Waals surface area contributed by atoms with Crippen LogP contribution in [0.3, 0.4) is 0 Å². The maximum absolute atomic E-state index is 12.6. The number of rotatable bonds is 9. The second-order valence-electron chi connectivity index (χ2n) is 12.4. The molecule has 0 spiro atoms. The molecular formula is C35H42ClN7O3. The lowest BCUT2D eigenvalue weighted by Gasteiger charge is -2.41. The molecule has 1 aromatic heterocycles. The van der Waals surface area contributed by atoms with Crippen LogP contribution in [0.4, 0.5) is 11.5 Å². The first kappa shape index (κ1) is 32.0. The Hall–Kier alpha value is -3.91. The Kier molecular flexibility index (Phi) is 9.92. The van der Waals surface area contributed by atoms with E-state index >= 15 is 0 Å². The molecule has 0 aliphatic carbocycles. The fourth-order valence-corrected chi connectivity index (χ4v) is 7.22. The molecule has 6 rings (SSSR count). The summed E-state index contributed by atoms with van der Waals surface area (Å²) < 4.78 is 11.9. The third kappa shape index (κ3) is 6.63. The number of halogens is 1. The van der Waals surface area contributed by atoms with Crippen molar-refractivity contribution in [2.24, 2.45) is 0 Å². The van der Waals surface area contributed by atoms with Crippen molar-refractivity contribution in [1.82, 2.24) is 19.8 Å². The quantitative estimate of drug-likeness (QED) is 0.242. The van der Waals surface area contributed by atoms with Gasteiger partial charge in [0.1, 0.15) is 18.5 Å². The van der Waals surface area contributed by atoms with Gasteiger partial charge < -0.3 is 29.0 Å². The van der Waals surface area contributed by atoms with Crippen molar-refractivity contribution < 1.29 is 14.3 Å². The zero-order valence-electron chi connectivity index (χ0n) is 26.7. The minimum atomic E-state index is -0.252. The van der Waals surface area contributed by atoms with Crippen LogP contribution in [0.5, 0.6) is 6.01 Å². The normalized spacial score (nSPS) is 19.5. The van der Waals surface area contributed by atoms with Gasteiger partial charge in [-0.15, -0.1) is 0 Å². The molecule has 242 valence electrons. The van der Waals surface area contributed by atoms with Gasteiger partial charge in [-0.3, -0.25) is 9.69 Å². The molecule has 2 fully saturated rings. The summed E-state index contributed by atoms with van der Waals surface area (Å²) in [5.74, 6) is 0.691. The SMILES string of the molecule is [C-]#[N+]C[C@H]1CN(c2nc(OC[C@H](C)N(C)C3CCOCC3)nc3c2CCN(c2cccc4cccc(Cl)c24)C3)CCN1C(=O)C=C. The summed E-state index contributed by atoms with van der Waals surface area (Å²) in [6.07, 6.45) is 4.10. The summed E-state index contributed by atoms with van der Waals surface area (Å²) in [6, 6.07) is 13.0. The number of hydrogen-bond donors (Lipinski definition) is 0. The van der Waals surface area contributed by atoms with Gasteiger partial charge in [0.25, 0.3) is 0 Å². The van der Waals surface area contributed by atoms with Crippen LogP contribution in [0.15, 0.2) is 49.1 Å². The Labute approximate surface area is 276 Å². The summed E-state index contributed by atoms with van der Waals surface area (Å²) >= 11 is 6.72. The van der Waals surface area contributed by atoms with Gasteiger partial charge in [-0.2, -0.15) is 9.97 Å². The van der Waals surface area contributed by atoms with Crippen molar-refractivity contribution in [2.45, 2.75) is 50.9 Å². The summed E-state index contributed by atoms with van der Waals surface area (Å²) in [7, 11) is 2.15. The molecule has 1 amide bonds. The van der Waals surface area contributed by atoms with E-state index in [1.165, 1.54) is 6.08 Å². The lowest BCUT2D eigenvalue weighted by molar-refractivity contribution is -0.128. The molecular weight excluding hydrogens is 602 g/mol. The largest absolute Gasteiger partial charge is 0.462 e. The summed E-state index contributed by atoms with van der Waals surface area (Å²) in [4.78, 5) is 34.9. The van der Waals surface area contributed by atoms with Crippen molar-refractivity contribution in [3.05, 3.63) is 76.8 Å². The van der Waals surface area contributed by atoms with Crippen LogP contribution in [0.1, 0.15) is 31.0 Å². The highest BCUT2D eigenvalue weighted by Crippen LogP contribution is 2.37.